The minimum absolute atomic E-state index is 0.265. The van der Waals surface area contributed by atoms with E-state index < -0.39 is 6.23 Å². The summed E-state index contributed by atoms with van der Waals surface area (Å²) in [5.74, 6) is 4.82. The van der Waals surface area contributed by atoms with Crippen LogP contribution in [0.1, 0.15) is 13.8 Å². The first-order chi connectivity index (χ1) is 5.16. The number of nitrogens with zero attached hydrogens (tertiary/aromatic N) is 1. The molecule has 5 heteroatoms. The topological polar surface area (TPSA) is 82.7 Å². The van der Waals surface area contributed by atoms with Gasteiger partial charge in [0.15, 0.2) is 0 Å². The van der Waals surface area contributed by atoms with Gasteiger partial charge in [0.25, 0.3) is 0 Å². The van der Waals surface area contributed by atoms with Crippen molar-refractivity contribution in [2.24, 2.45) is 10.9 Å². The van der Waals surface area contributed by atoms with Crippen LogP contribution >= 0.6 is 0 Å². The van der Waals surface area contributed by atoms with Crippen LogP contribution in [0.4, 0.5) is 0 Å². The van der Waals surface area contributed by atoms with Crippen LogP contribution in [0.3, 0.4) is 0 Å². The second-order valence-corrected chi connectivity index (χ2v) is 2.52. The van der Waals surface area contributed by atoms with Crippen molar-refractivity contribution in [2.45, 2.75) is 26.1 Å². The molecule has 0 aliphatic rings. The molecule has 0 aromatic rings. The van der Waals surface area contributed by atoms with Crippen LogP contribution in [-0.2, 0) is 0 Å². The summed E-state index contributed by atoms with van der Waals surface area (Å²) in [6.45, 7) is 4.32. The molecule has 0 aliphatic heterocycles. The molecule has 0 bridgehead atoms. The fourth-order valence-corrected chi connectivity index (χ4v) is 0.661. The Balaban J connectivity index is 3.29. The molecule has 0 spiro atoms. The van der Waals surface area contributed by atoms with Gasteiger partial charge >= 0.3 is 0 Å². The fraction of sp³-hybridized carbons (Fsp3) is 0.833. The largest absolute Gasteiger partial charge is 0.377 e. The van der Waals surface area contributed by atoms with Crippen molar-refractivity contribution < 1.29 is 5.11 Å². The molecule has 0 fully saturated rings. The van der Waals surface area contributed by atoms with Gasteiger partial charge < -0.3 is 16.3 Å². The lowest BCUT2D eigenvalue weighted by molar-refractivity contribution is 0.131. The Kier molecular flexibility index (Phi) is 5.50. The SMILES string of the molecule is CC(C)NC(O)CN/C=N\N. The first-order valence-corrected chi connectivity index (χ1v) is 3.56. The number of aliphatic hydroxyl groups is 1. The zero-order valence-corrected chi connectivity index (χ0v) is 6.91. The molecular formula is C6H16N4O. The van der Waals surface area contributed by atoms with Crippen LogP contribution in [0.2, 0.25) is 0 Å². The molecule has 0 saturated heterocycles. The highest BCUT2D eigenvalue weighted by molar-refractivity contribution is 5.53. The summed E-state index contributed by atoms with van der Waals surface area (Å²) >= 11 is 0. The van der Waals surface area contributed by atoms with Gasteiger partial charge in [0, 0.05) is 6.04 Å². The molecule has 1 atom stereocenters. The van der Waals surface area contributed by atoms with Crippen LogP contribution in [0.5, 0.6) is 0 Å². The number of hydrazone groups is 1. The van der Waals surface area contributed by atoms with Crippen molar-refractivity contribution in [1.29, 1.82) is 0 Å². The van der Waals surface area contributed by atoms with Crippen molar-refractivity contribution >= 4 is 6.34 Å². The Morgan fingerprint density at radius 2 is 2.27 bits per heavy atom. The monoisotopic (exact) mass is 160 g/mol. The van der Waals surface area contributed by atoms with E-state index in [1.54, 1.807) is 0 Å². The van der Waals surface area contributed by atoms with Gasteiger partial charge in [0.2, 0.25) is 0 Å². The number of hydrogen-bond donors (Lipinski definition) is 4. The summed E-state index contributed by atoms with van der Waals surface area (Å²) in [5.41, 5.74) is 0. The number of nitrogens with one attached hydrogen (secondary N) is 2. The van der Waals surface area contributed by atoms with Gasteiger partial charge in [-0.1, -0.05) is 0 Å². The predicted molar refractivity (Wildman–Crippen MR) is 45.0 cm³/mol. The van der Waals surface area contributed by atoms with Crippen molar-refractivity contribution in [3.63, 3.8) is 0 Å². The summed E-state index contributed by atoms with van der Waals surface area (Å²) in [5, 5.41) is 18.0. The number of hydrogen-bond acceptors (Lipinski definition) is 4. The average Bonchev–Trinajstić information content (AvgIpc) is 1.86. The molecule has 66 valence electrons. The number of rotatable bonds is 5. The maximum Gasteiger partial charge on any atom is 0.122 e. The lowest BCUT2D eigenvalue weighted by atomic mass is 10.4. The minimum atomic E-state index is -0.562. The third-order valence-electron chi connectivity index (χ3n) is 1.00. The first kappa shape index (κ1) is 10.2. The highest BCUT2D eigenvalue weighted by Crippen LogP contribution is 1.79. The van der Waals surface area contributed by atoms with E-state index in [0.29, 0.717) is 6.54 Å². The predicted octanol–water partition coefficient (Wildman–Crippen LogP) is -1.21. The van der Waals surface area contributed by atoms with Crippen LogP contribution in [0.25, 0.3) is 0 Å². The number of nitrogens with two attached hydrogens (primary N) is 1. The van der Waals surface area contributed by atoms with Gasteiger partial charge in [0.05, 0.1) is 6.54 Å². The van der Waals surface area contributed by atoms with Crippen molar-refractivity contribution in [3.05, 3.63) is 0 Å². The lowest BCUT2D eigenvalue weighted by Crippen LogP contribution is -2.41. The summed E-state index contributed by atoms with van der Waals surface area (Å²) < 4.78 is 0. The normalized spacial score (nSPS) is 14.2. The Morgan fingerprint density at radius 3 is 2.73 bits per heavy atom. The van der Waals surface area contributed by atoms with Gasteiger partial charge in [-0.3, -0.25) is 5.32 Å². The third kappa shape index (κ3) is 7.08. The zero-order chi connectivity index (χ0) is 8.69. The molecule has 0 aromatic heterocycles. The Hall–Kier alpha value is -0.810. The van der Waals surface area contributed by atoms with E-state index in [1.165, 1.54) is 6.34 Å². The second-order valence-electron chi connectivity index (χ2n) is 2.52. The van der Waals surface area contributed by atoms with Crippen LogP contribution in [0.15, 0.2) is 5.10 Å². The average molecular weight is 160 g/mol. The summed E-state index contributed by atoms with van der Waals surface area (Å²) in [6.07, 6.45) is 0.776. The molecule has 0 radical (unpaired) electrons. The van der Waals surface area contributed by atoms with E-state index in [9.17, 15) is 5.11 Å². The van der Waals surface area contributed by atoms with Crippen molar-refractivity contribution in [3.8, 4) is 0 Å². The Labute approximate surface area is 66.7 Å². The van der Waals surface area contributed by atoms with E-state index in [1.807, 2.05) is 13.8 Å². The van der Waals surface area contributed by atoms with Gasteiger partial charge in [-0.25, -0.2) is 0 Å². The molecule has 0 aromatic carbocycles. The van der Waals surface area contributed by atoms with Crippen LogP contribution in [-0.4, -0.2) is 30.3 Å². The zero-order valence-electron chi connectivity index (χ0n) is 6.91. The van der Waals surface area contributed by atoms with Gasteiger partial charge in [-0.2, -0.15) is 5.10 Å². The molecule has 1 unspecified atom stereocenters. The minimum Gasteiger partial charge on any atom is -0.377 e. The van der Waals surface area contributed by atoms with Gasteiger partial charge in [0.1, 0.15) is 12.6 Å². The molecular weight excluding hydrogens is 144 g/mol. The summed E-state index contributed by atoms with van der Waals surface area (Å²) in [4.78, 5) is 0. The molecule has 0 rings (SSSR count). The van der Waals surface area contributed by atoms with Crippen LogP contribution in [0, 0.1) is 0 Å². The van der Waals surface area contributed by atoms with Gasteiger partial charge in [-0.05, 0) is 13.8 Å². The van der Waals surface area contributed by atoms with E-state index in [2.05, 4.69) is 15.7 Å². The molecule has 5 nitrogen and oxygen atoms in total. The Morgan fingerprint density at radius 1 is 1.64 bits per heavy atom. The Bertz CT molecular complexity index is 115. The van der Waals surface area contributed by atoms with Crippen molar-refractivity contribution in [1.82, 2.24) is 10.6 Å². The molecule has 0 amide bonds. The smallest absolute Gasteiger partial charge is 0.122 e. The molecule has 0 heterocycles. The van der Waals surface area contributed by atoms with E-state index in [0.717, 1.165) is 0 Å². The quantitative estimate of drug-likeness (QED) is 0.134. The summed E-state index contributed by atoms with van der Waals surface area (Å²) in [6, 6.07) is 0.265. The van der Waals surface area contributed by atoms with E-state index >= 15 is 0 Å². The maximum absolute atomic E-state index is 9.17. The second kappa shape index (κ2) is 5.94. The summed E-state index contributed by atoms with van der Waals surface area (Å²) in [7, 11) is 0. The first-order valence-electron chi connectivity index (χ1n) is 3.56. The van der Waals surface area contributed by atoms with E-state index in [4.69, 9.17) is 5.84 Å². The molecule has 0 saturated carbocycles. The molecule has 11 heavy (non-hydrogen) atoms. The van der Waals surface area contributed by atoms with Crippen molar-refractivity contribution in [2.75, 3.05) is 6.54 Å². The standard InChI is InChI=1S/C6H16N4O/c1-5(2)10-6(11)3-8-4-9-7/h4-6,10-11H,3,7H2,1-2H3,(H,8,9). The highest BCUT2D eigenvalue weighted by Gasteiger charge is 2.02. The molecule has 0 aliphatic carbocycles. The van der Waals surface area contributed by atoms with Gasteiger partial charge in [-0.15, -0.1) is 0 Å². The third-order valence-corrected chi connectivity index (χ3v) is 1.00. The van der Waals surface area contributed by atoms with Crippen LogP contribution < -0.4 is 16.5 Å². The fourth-order valence-electron chi connectivity index (χ4n) is 0.661. The highest BCUT2D eigenvalue weighted by atomic mass is 16.3. The molecule has 5 N–H and O–H groups in total. The maximum atomic E-state index is 9.17. The number of aliphatic hydroxyl groups excluding tert-OH is 1. The lowest BCUT2D eigenvalue weighted by Gasteiger charge is -2.14. The van der Waals surface area contributed by atoms with E-state index in [-0.39, 0.29) is 6.04 Å².